The lowest BCUT2D eigenvalue weighted by Gasteiger charge is -2.09. The van der Waals surface area contributed by atoms with E-state index in [-0.39, 0.29) is 11.3 Å². The minimum absolute atomic E-state index is 0.0396. The molecule has 1 N–H and O–H groups in total. The zero-order valence-corrected chi connectivity index (χ0v) is 10.4. The van der Waals surface area contributed by atoms with Crippen LogP contribution in [0.3, 0.4) is 0 Å². The second-order valence-electron chi connectivity index (χ2n) is 3.69. The molecule has 2 rings (SSSR count). The number of hydrogen-bond acceptors (Lipinski definition) is 3. The first-order valence-electron chi connectivity index (χ1n) is 5.22. The minimum Gasteiger partial charge on any atom is -0.507 e. The Bertz CT molecular complexity index is 632. The number of rotatable bonds is 2. The van der Waals surface area contributed by atoms with Crippen LogP contribution in [0.25, 0.3) is 11.1 Å². The summed E-state index contributed by atoms with van der Waals surface area (Å²) in [5, 5.41) is 19.0. The van der Waals surface area contributed by atoms with Gasteiger partial charge in [0.25, 0.3) is 0 Å². The number of halogens is 1. The van der Waals surface area contributed by atoms with Gasteiger partial charge in [0.15, 0.2) is 0 Å². The third kappa shape index (κ3) is 2.24. The van der Waals surface area contributed by atoms with Crippen LogP contribution in [-0.2, 0) is 0 Å². The van der Waals surface area contributed by atoms with Gasteiger partial charge in [0.1, 0.15) is 17.6 Å². The third-order valence-corrected chi connectivity index (χ3v) is 2.82. The van der Waals surface area contributed by atoms with Crippen molar-refractivity contribution in [1.82, 2.24) is 0 Å². The van der Waals surface area contributed by atoms with Crippen LogP contribution in [0.1, 0.15) is 5.56 Å². The molecule has 0 spiro atoms. The van der Waals surface area contributed by atoms with Gasteiger partial charge in [-0.15, -0.1) is 0 Å². The van der Waals surface area contributed by atoms with Crippen LogP contribution in [0.4, 0.5) is 0 Å². The molecule has 2 aromatic rings. The predicted octanol–water partition coefficient (Wildman–Crippen LogP) is 3.59. The number of benzene rings is 2. The molecule has 0 aliphatic rings. The Kier molecular flexibility index (Phi) is 3.40. The number of nitrogens with zero attached hydrogens (tertiary/aromatic N) is 1. The number of phenolic OH excluding ortho intramolecular Hbond substituents is 1. The van der Waals surface area contributed by atoms with Crippen molar-refractivity contribution in [2.75, 3.05) is 7.11 Å². The van der Waals surface area contributed by atoms with Crippen molar-refractivity contribution in [1.29, 1.82) is 5.26 Å². The second kappa shape index (κ2) is 4.99. The Morgan fingerprint density at radius 1 is 1.22 bits per heavy atom. The number of aromatic hydroxyl groups is 1. The van der Waals surface area contributed by atoms with Gasteiger partial charge in [0.05, 0.1) is 12.7 Å². The van der Waals surface area contributed by atoms with Crippen molar-refractivity contribution >= 4 is 11.6 Å². The summed E-state index contributed by atoms with van der Waals surface area (Å²) in [5.74, 6) is 0.622. The Balaban J connectivity index is 2.62. The van der Waals surface area contributed by atoms with Crippen molar-refractivity contribution < 1.29 is 9.84 Å². The summed E-state index contributed by atoms with van der Waals surface area (Å²) in [6.45, 7) is 0. The van der Waals surface area contributed by atoms with Gasteiger partial charge in [-0.1, -0.05) is 17.7 Å². The van der Waals surface area contributed by atoms with Gasteiger partial charge < -0.3 is 9.84 Å². The van der Waals surface area contributed by atoms with Gasteiger partial charge in [-0.25, -0.2) is 0 Å². The van der Waals surface area contributed by atoms with E-state index in [0.29, 0.717) is 10.8 Å². The molecule has 0 unspecified atom stereocenters. The monoisotopic (exact) mass is 259 g/mol. The number of hydrogen-bond donors (Lipinski definition) is 1. The van der Waals surface area contributed by atoms with E-state index in [9.17, 15) is 5.11 Å². The molecule has 0 radical (unpaired) electrons. The highest BCUT2D eigenvalue weighted by molar-refractivity contribution is 6.31. The standard InChI is InChI=1S/C14H10ClNO2/c1-18-14-5-3-11(15)7-12(14)9-2-4-13(17)10(6-9)8-16/h2-7,17H,1H3. The van der Waals surface area contributed by atoms with E-state index < -0.39 is 0 Å². The fraction of sp³-hybridized carbons (Fsp3) is 0.0714. The lowest BCUT2D eigenvalue weighted by Crippen LogP contribution is -1.88. The minimum atomic E-state index is -0.0396. The van der Waals surface area contributed by atoms with Crippen LogP contribution in [0.2, 0.25) is 5.02 Å². The third-order valence-electron chi connectivity index (χ3n) is 2.59. The number of ether oxygens (including phenoxy) is 1. The van der Waals surface area contributed by atoms with Crippen molar-refractivity contribution in [2.24, 2.45) is 0 Å². The van der Waals surface area contributed by atoms with Crippen LogP contribution < -0.4 is 4.74 Å². The van der Waals surface area contributed by atoms with E-state index in [1.54, 1.807) is 37.4 Å². The lowest BCUT2D eigenvalue weighted by atomic mass is 10.0. The van der Waals surface area contributed by atoms with Crippen LogP contribution >= 0.6 is 11.6 Å². The molecule has 3 nitrogen and oxygen atoms in total. The van der Waals surface area contributed by atoms with Crippen LogP contribution in [0, 0.1) is 11.3 Å². The molecular formula is C14H10ClNO2. The zero-order chi connectivity index (χ0) is 13.1. The highest BCUT2D eigenvalue weighted by Gasteiger charge is 2.09. The molecule has 0 bridgehead atoms. The molecule has 0 aromatic heterocycles. The van der Waals surface area contributed by atoms with Crippen molar-refractivity contribution in [2.45, 2.75) is 0 Å². The van der Waals surface area contributed by atoms with Crippen molar-refractivity contribution in [3.05, 3.63) is 47.0 Å². The molecular weight excluding hydrogens is 250 g/mol. The van der Waals surface area contributed by atoms with E-state index >= 15 is 0 Å². The zero-order valence-electron chi connectivity index (χ0n) is 9.64. The fourth-order valence-corrected chi connectivity index (χ4v) is 1.87. The van der Waals surface area contributed by atoms with Gasteiger partial charge in [-0.2, -0.15) is 5.26 Å². The Morgan fingerprint density at radius 2 is 2.00 bits per heavy atom. The van der Waals surface area contributed by atoms with Crippen molar-refractivity contribution in [3.8, 4) is 28.7 Å². The largest absolute Gasteiger partial charge is 0.507 e. The van der Waals surface area contributed by atoms with Gasteiger partial charge in [0, 0.05) is 10.6 Å². The van der Waals surface area contributed by atoms with E-state index in [1.165, 1.54) is 6.07 Å². The molecule has 0 atom stereocenters. The number of methoxy groups -OCH3 is 1. The van der Waals surface area contributed by atoms with Gasteiger partial charge in [0.2, 0.25) is 0 Å². The van der Waals surface area contributed by atoms with Crippen LogP contribution in [0.15, 0.2) is 36.4 Å². The predicted molar refractivity (Wildman–Crippen MR) is 69.8 cm³/mol. The highest BCUT2D eigenvalue weighted by Crippen LogP contribution is 2.34. The molecule has 0 fully saturated rings. The van der Waals surface area contributed by atoms with Gasteiger partial charge in [-0.05, 0) is 35.9 Å². The average molecular weight is 260 g/mol. The molecule has 0 aliphatic heterocycles. The van der Waals surface area contributed by atoms with Crippen LogP contribution in [0.5, 0.6) is 11.5 Å². The molecule has 90 valence electrons. The summed E-state index contributed by atoms with van der Waals surface area (Å²) in [4.78, 5) is 0. The SMILES string of the molecule is COc1ccc(Cl)cc1-c1ccc(O)c(C#N)c1. The normalized spacial score (nSPS) is 9.83. The van der Waals surface area contributed by atoms with Crippen molar-refractivity contribution in [3.63, 3.8) is 0 Å². The maximum absolute atomic E-state index is 9.48. The first kappa shape index (κ1) is 12.3. The summed E-state index contributed by atoms with van der Waals surface area (Å²) < 4.78 is 5.25. The quantitative estimate of drug-likeness (QED) is 0.897. The second-order valence-corrected chi connectivity index (χ2v) is 4.12. The van der Waals surface area contributed by atoms with E-state index in [2.05, 4.69) is 0 Å². The summed E-state index contributed by atoms with van der Waals surface area (Å²) in [6, 6.07) is 12.0. The highest BCUT2D eigenvalue weighted by atomic mass is 35.5. The fourth-order valence-electron chi connectivity index (χ4n) is 1.70. The Hall–Kier alpha value is -2.18. The summed E-state index contributed by atoms with van der Waals surface area (Å²) in [6.07, 6.45) is 0. The molecule has 0 aliphatic carbocycles. The average Bonchev–Trinajstić information content (AvgIpc) is 2.39. The molecule has 0 amide bonds. The molecule has 0 heterocycles. The Labute approximate surface area is 110 Å². The molecule has 0 saturated heterocycles. The molecule has 18 heavy (non-hydrogen) atoms. The molecule has 2 aromatic carbocycles. The van der Waals surface area contributed by atoms with Gasteiger partial charge >= 0.3 is 0 Å². The first-order chi connectivity index (χ1) is 8.65. The van der Waals surface area contributed by atoms with Crippen LogP contribution in [-0.4, -0.2) is 12.2 Å². The topological polar surface area (TPSA) is 53.2 Å². The summed E-state index contributed by atoms with van der Waals surface area (Å²) in [7, 11) is 1.57. The molecule has 4 heteroatoms. The maximum Gasteiger partial charge on any atom is 0.133 e. The first-order valence-corrected chi connectivity index (χ1v) is 5.60. The van der Waals surface area contributed by atoms with Gasteiger partial charge in [-0.3, -0.25) is 0 Å². The Morgan fingerprint density at radius 3 is 2.67 bits per heavy atom. The summed E-state index contributed by atoms with van der Waals surface area (Å²) in [5.41, 5.74) is 1.76. The van der Waals surface area contributed by atoms with E-state index in [1.807, 2.05) is 6.07 Å². The lowest BCUT2D eigenvalue weighted by molar-refractivity contribution is 0.416. The van der Waals surface area contributed by atoms with E-state index in [4.69, 9.17) is 21.6 Å². The summed E-state index contributed by atoms with van der Waals surface area (Å²) >= 11 is 5.96. The molecule has 0 saturated carbocycles. The number of phenols is 1. The maximum atomic E-state index is 9.48. The van der Waals surface area contributed by atoms with E-state index in [0.717, 1.165) is 11.1 Å². The number of nitriles is 1. The smallest absolute Gasteiger partial charge is 0.133 e.